The minimum Gasteiger partial charge on any atom is -0.507 e. The Kier molecular flexibility index (Phi) is 3.62. The average molecular weight is 248 g/mol. The average Bonchev–Trinajstić information content (AvgIpc) is 2.78. The van der Waals surface area contributed by atoms with Crippen molar-refractivity contribution in [1.82, 2.24) is 10.1 Å². The van der Waals surface area contributed by atoms with E-state index < -0.39 is 0 Å². The molecule has 0 spiro atoms. The third kappa shape index (κ3) is 2.51. The molecule has 5 nitrogen and oxygen atoms in total. The Morgan fingerprint density at radius 2 is 2.22 bits per heavy atom. The van der Waals surface area contributed by atoms with E-state index in [-0.39, 0.29) is 11.9 Å². The Morgan fingerprint density at radius 3 is 2.89 bits per heavy atom. The maximum Gasteiger partial charge on any atom is 0.261 e. The first-order valence-electron chi connectivity index (χ1n) is 5.87. The van der Waals surface area contributed by atoms with Crippen LogP contribution >= 0.6 is 0 Å². The summed E-state index contributed by atoms with van der Waals surface area (Å²) < 4.78 is 10.5. The zero-order valence-electron chi connectivity index (χ0n) is 10.7. The summed E-state index contributed by atoms with van der Waals surface area (Å²) in [6.45, 7) is 6.25. The van der Waals surface area contributed by atoms with Crippen LogP contribution in [0.15, 0.2) is 22.7 Å². The molecule has 0 aliphatic rings. The van der Waals surface area contributed by atoms with Crippen molar-refractivity contribution in [3.63, 3.8) is 0 Å². The van der Waals surface area contributed by atoms with Gasteiger partial charge in [-0.2, -0.15) is 4.98 Å². The molecule has 0 saturated carbocycles. The van der Waals surface area contributed by atoms with E-state index in [1.165, 1.54) is 0 Å². The van der Waals surface area contributed by atoms with Crippen LogP contribution in [-0.2, 0) is 4.74 Å². The van der Waals surface area contributed by atoms with Crippen LogP contribution in [0.2, 0.25) is 0 Å². The van der Waals surface area contributed by atoms with Gasteiger partial charge >= 0.3 is 0 Å². The second-order valence-corrected chi connectivity index (χ2v) is 4.08. The highest BCUT2D eigenvalue weighted by Crippen LogP contribution is 2.29. The van der Waals surface area contributed by atoms with Crippen LogP contribution in [0.4, 0.5) is 0 Å². The zero-order chi connectivity index (χ0) is 13.1. The standard InChI is InChI=1S/C13H16N2O3/c1-4-17-9(3)12-14-13(18-15-12)10-6-5-8(2)7-11(10)16/h5-7,9,16H,4H2,1-3H3. The van der Waals surface area contributed by atoms with Gasteiger partial charge in [0.1, 0.15) is 11.9 Å². The van der Waals surface area contributed by atoms with Crippen molar-refractivity contribution in [1.29, 1.82) is 0 Å². The number of phenols is 1. The number of aromatic hydroxyl groups is 1. The lowest BCUT2D eigenvalue weighted by Crippen LogP contribution is -2.01. The summed E-state index contributed by atoms with van der Waals surface area (Å²) in [4.78, 5) is 4.23. The van der Waals surface area contributed by atoms with Crippen LogP contribution in [0.25, 0.3) is 11.5 Å². The fraction of sp³-hybridized carbons (Fsp3) is 0.385. The van der Waals surface area contributed by atoms with Gasteiger partial charge in [0, 0.05) is 6.61 Å². The zero-order valence-corrected chi connectivity index (χ0v) is 10.7. The molecule has 18 heavy (non-hydrogen) atoms. The van der Waals surface area contributed by atoms with E-state index in [9.17, 15) is 5.11 Å². The molecule has 2 rings (SSSR count). The minimum absolute atomic E-state index is 0.134. The van der Waals surface area contributed by atoms with Gasteiger partial charge in [-0.15, -0.1) is 0 Å². The molecule has 0 saturated heterocycles. The maximum atomic E-state index is 9.84. The molecular formula is C13H16N2O3. The monoisotopic (exact) mass is 248 g/mol. The van der Waals surface area contributed by atoms with Crippen LogP contribution in [0.5, 0.6) is 5.75 Å². The Bertz CT molecular complexity index is 537. The van der Waals surface area contributed by atoms with Gasteiger partial charge in [-0.25, -0.2) is 0 Å². The van der Waals surface area contributed by atoms with Gasteiger partial charge in [0.05, 0.1) is 5.56 Å². The number of ether oxygens (including phenoxy) is 1. The molecule has 1 N–H and O–H groups in total. The van der Waals surface area contributed by atoms with Crippen LogP contribution in [-0.4, -0.2) is 21.9 Å². The number of benzene rings is 1. The van der Waals surface area contributed by atoms with Gasteiger partial charge in [-0.1, -0.05) is 11.2 Å². The first kappa shape index (κ1) is 12.6. The van der Waals surface area contributed by atoms with Gasteiger partial charge in [0.25, 0.3) is 5.89 Å². The second-order valence-electron chi connectivity index (χ2n) is 4.08. The lowest BCUT2D eigenvalue weighted by Gasteiger charge is -2.04. The number of hydrogen-bond donors (Lipinski definition) is 1. The molecule has 5 heteroatoms. The number of phenolic OH excluding ortho intramolecular Hbond substituents is 1. The maximum absolute atomic E-state index is 9.84. The van der Waals surface area contributed by atoms with Gasteiger partial charge in [0.2, 0.25) is 5.82 Å². The molecule has 0 bridgehead atoms. The lowest BCUT2D eigenvalue weighted by molar-refractivity contribution is 0.0683. The number of hydrogen-bond acceptors (Lipinski definition) is 5. The van der Waals surface area contributed by atoms with Crippen molar-refractivity contribution in [3.05, 3.63) is 29.6 Å². The third-order valence-electron chi connectivity index (χ3n) is 2.61. The smallest absolute Gasteiger partial charge is 0.261 e. The van der Waals surface area contributed by atoms with E-state index in [1.54, 1.807) is 12.1 Å². The molecule has 0 aliphatic heterocycles. The molecule has 2 aromatic rings. The predicted octanol–water partition coefficient (Wildman–Crippen LogP) is 2.85. The third-order valence-corrected chi connectivity index (χ3v) is 2.61. The summed E-state index contributed by atoms with van der Waals surface area (Å²) in [6.07, 6.45) is -0.222. The number of nitrogens with zero attached hydrogens (tertiary/aromatic N) is 2. The number of aryl methyl sites for hydroxylation is 1. The number of aromatic nitrogens is 2. The van der Waals surface area contributed by atoms with Crippen LogP contribution in [0.1, 0.15) is 31.3 Å². The highest BCUT2D eigenvalue weighted by Gasteiger charge is 2.16. The van der Waals surface area contributed by atoms with Gasteiger partial charge in [-0.05, 0) is 38.5 Å². The number of rotatable bonds is 4. The predicted molar refractivity (Wildman–Crippen MR) is 66.2 cm³/mol. The van der Waals surface area contributed by atoms with Crippen molar-refractivity contribution >= 4 is 0 Å². The molecule has 0 radical (unpaired) electrons. The Labute approximate surface area is 105 Å². The molecule has 96 valence electrons. The molecule has 1 atom stereocenters. The molecule has 1 unspecified atom stereocenters. The molecule has 1 aromatic carbocycles. The highest BCUT2D eigenvalue weighted by atomic mass is 16.5. The van der Waals surface area contributed by atoms with E-state index in [1.807, 2.05) is 26.8 Å². The van der Waals surface area contributed by atoms with E-state index in [2.05, 4.69) is 10.1 Å². The summed E-state index contributed by atoms with van der Waals surface area (Å²) >= 11 is 0. The highest BCUT2D eigenvalue weighted by molar-refractivity contribution is 5.62. The molecule has 1 aromatic heterocycles. The molecule has 0 aliphatic carbocycles. The fourth-order valence-corrected chi connectivity index (χ4v) is 1.66. The Hall–Kier alpha value is -1.88. The van der Waals surface area contributed by atoms with Crippen molar-refractivity contribution < 1.29 is 14.4 Å². The van der Waals surface area contributed by atoms with E-state index in [0.29, 0.717) is 23.9 Å². The summed E-state index contributed by atoms with van der Waals surface area (Å²) in [5, 5.41) is 13.7. The Morgan fingerprint density at radius 1 is 1.44 bits per heavy atom. The quantitative estimate of drug-likeness (QED) is 0.901. The first-order chi connectivity index (χ1) is 8.61. The van der Waals surface area contributed by atoms with Gasteiger partial charge in [0.15, 0.2) is 0 Å². The Balaban J connectivity index is 2.29. The topological polar surface area (TPSA) is 68.4 Å². The van der Waals surface area contributed by atoms with Crippen molar-refractivity contribution in [2.45, 2.75) is 26.9 Å². The second kappa shape index (κ2) is 5.18. The van der Waals surface area contributed by atoms with E-state index in [4.69, 9.17) is 9.26 Å². The van der Waals surface area contributed by atoms with E-state index >= 15 is 0 Å². The lowest BCUT2D eigenvalue weighted by atomic mass is 10.1. The molecular weight excluding hydrogens is 232 g/mol. The minimum atomic E-state index is -0.222. The summed E-state index contributed by atoms with van der Waals surface area (Å²) in [7, 11) is 0. The largest absolute Gasteiger partial charge is 0.507 e. The van der Waals surface area contributed by atoms with Crippen molar-refractivity contribution in [2.75, 3.05) is 6.61 Å². The van der Waals surface area contributed by atoms with Crippen LogP contribution < -0.4 is 0 Å². The van der Waals surface area contributed by atoms with Crippen LogP contribution in [0, 0.1) is 6.92 Å². The van der Waals surface area contributed by atoms with Crippen molar-refractivity contribution in [2.24, 2.45) is 0 Å². The van der Waals surface area contributed by atoms with Gasteiger partial charge in [-0.3, -0.25) is 0 Å². The summed E-state index contributed by atoms with van der Waals surface area (Å²) in [6, 6.07) is 5.30. The molecule has 0 fully saturated rings. The normalized spacial score (nSPS) is 12.6. The fourth-order valence-electron chi connectivity index (χ4n) is 1.66. The van der Waals surface area contributed by atoms with Crippen molar-refractivity contribution in [3.8, 4) is 17.2 Å². The first-order valence-corrected chi connectivity index (χ1v) is 5.87. The van der Waals surface area contributed by atoms with Crippen LogP contribution in [0.3, 0.4) is 0 Å². The molecule has 0 amide bonds. The summed E-state index contributed by atoms with van der Waals surface area (Å²) in [5.41, 5.74) is 1.50. The SMILES string of the molecule is CCOC(C)c1noc(-c2ccc(C)cc2O)n1. The molecule has 1 heterocycles. The van der Waals surface area contributed by atoms with E-state index in [0.717, 1.165) is 5.56 Å². The van der Waals surface area contributed by atoms with Gasteiger partial charge < -0.3 is 14.4 Å². The summed E-state index contributed by atoms with van der Waals surface area (Å²) in [5.74, 6) is 0.912.